The number of carboxylic acid groups (broad SMARTS) is 1. The van der Waals surface area contributed by atoms with Gasteiger partial charge in [-0.2, -0.15) is 5.26 Å². The summed E-state index contributed by atoms with van der Waals surface area (Å²) in [6, 6.07) is 4.76. The molecule has 6 nitrogen and oxygen atoms in total. The molecule has 0 aliphatic heterocycles. The predicted molar refractivity (Wildman–Crippen MR) is 89.7 cm³/mol. The van der Waals surface area contributed by atoms with Gasteiger partial charge in [-0.15, -0.1) is 0 Å². The zero-order chi connectivity index (χ0) is 18.5. The van der Waals surface area contributed by atoms with Crippen molar-refractivity contribution in [2.75, 3.05) is 0 Å². The molecule has 0 spiro atoms. The molecule has 6 heteroatoms. The number of nitriles is 1. The monoisotopic (exact) mass is 332 g/mol. The maximum Gasteiger partial charge on any atom is 0.408 e. The molecule has 1 rings (SSSR count). The highest BCUT2D eigenvalue weighted by molar-refractivity contribution is 5.80. The average molecular weight is 332 g/mol. The molecule has 0 aromatic heterocycles. The van der Waals surface area contributed by atoms with Crippen molar-refractivity contribution in [3.05, 3.63) is 34.4 Å². The lowest BCUT2D eigenvalue weighted by Crippen LogP contribution is -2.44. The van der Waals surface area contributed by atoms with Gasteiger partial charge >= 0.3 is 12.1 Å². The van der Waals surface area contributed by atoms with Gasteiger partial charge in [0, 0.05) is 6.42 Å². The molecule has 0 saturated carbocycles. The summed E-state index contributed by atoms with van der Waals surface area (Å²) in [4.78, 5) is 23.3. The van der Waals surface area contributed by atoms with Gasteiger partial charge in [-0.3, -0.25) is 0 Å². The molecule has 0 saturated heterocycles. The fourth-order valence-electron chi connectivity index (χ4n) is 2.45. The van der Waals surface area contributed by atoms with E-state index in [1.54, 1.807) is 20.8 Å². The number of amides is 1. The largest absolute Gasteiger partial charge is 0.480 e. The van der Waals surface area contributed by atoms with E-state index in [0.717, 1.165) is 22.3 Å². The number of rotatable bonds is 5. The summed E-state index contributed by atoms with van der Waals surface area (Å²) < 4.78 is 5.12. The highest BCUT2D eigenvalue weighted by Gasteiger charge is 2.25. The van der Waals surface area contributed by atoms with Crippen molar-refractivity contribution in [2.24, 2.45) is 0 Å². The van der Waals surface area contributed by atoms with Gasteiger partial charge in [0.05, 0.1) is 12.5 Å². The van der Waals surface area contributed by atoms with E-state index in [1.807, 2.05) is 26.0 Å². The second kappa shape index (κ2) is 7.82. The summed E-state index contributed by atoms with van der Waals surface area (Å²) in [6.45, 7) is 8.88. The first kappa shape index (κ1) is 19.5. The number of nitrogens with zero attached hydrogens (tertiary/aromatic N) is 1. The summed E-state index contributed by atoms with van der Waals surface area (Å²) >= 11 is 0. The molecule has 0 aliphatic carbocycles. The highest BCUT2D eigenvalue weighted by Crippen LogP contribution is 2.19. The van der Waals surface area contributed by atoms with Crippen LogP contribution < -0.4 is 5.32 Å². The summed E-state index contributed by atoms with van der Waals surface area (Å²) in [5.41, 5.74) is 2.84. The Hall–Kier alpha value is -2.55. The van der Waals surface area contributed by atoms with Crippen LogP contribution in [0.25, 0.3) is 0 Å². The number of hydrogen-bond donors (Lipinski definition) is 2. The summed E-state index contributed by atoms with van der Waals surface area (Å²) in [5.74, 6) is -1.12. The fourth-order valence-corrected chi connectivity index (χ4v) is 2.45. The molecule has 0 fully saturated rings. The van der Waals surface area contributed by atoms with Crippen LogP contribution in [0.3, 0.4) is 0 Å². The van der Waals surface area contributed by atoms with Crippen molar-refractivity contribution in [3.63, 3.8) is 0 Å². The lowest BCUT2D eigenvalue weighted by atomic mass is 9.93. The molecule has 0 bridgehead atoms. The van der Waals surface area contributed by atoms with E-state index in [4.69, 9.17) is 10.00 Å². The van der Waals surface area contributed by atoms with Gasteiger partial charge in [0.15, 0.2) is 0 Å². The molecule has 0 heterocycles. The zero-order valence-electron chi connectivity index (χ0n) is 14.8. The minimum Gasteiger partial charge on any atom is -0.480 e. The zero-order valence-corrected chi connectivity index (χ0v) is 14.8. The molecule has 1 amide bonds. The van der Waals surface area contributed by atoms with Crippen LogP contribution in [0, 0.1) is 25.2 Å². The van der Waals surface area contributed by atoms with E-state index in [-0.39, 0.29) is 6.42 Å². The Morgan fingerprint density at radius 1 is 1.29 bits per heavy atom. The number of carboxylic acids is 1. The van der Waals surface area contributed by atoms with Crippen LogP contribution in [-0.4, -0.2) is 28.8 Å². The number of aryl methyl sites for hydroxylation is 2. The number of ether oxygens (including phenoxy) is 1. The molecule has 0 unspecified atom stereocenters. The van der Waals surface area contributed by atoms with Gasteiger partial charge in [0.2, 0.25) is 0 Å². The number of benzene rings is 1. The normalized spacial score (nSPS) is 12.2. The van der Waals surface area contributed by atoms with E-state index >= 15 is 0 Å². The molecule has 1 aromatic rings. The molecular formula is C18H24N2O4. The van der Waals surface area contributed by atoms with Crippen molar-refractivity contribution < 1.29 is 19.4 Å². The van der Waals surface area contributed by atoms with E-state index in [2.05, 4.69) is 11.4 Å². The maximum atomic E-state index is 11.8. The lowest BCUT2D eigenvalue weighted by molar-refractivity contribution is -0.139. The summed E-state index contributed by atoms with van der Waals surface area (Å²) in [7, 11) is 0. The summed E-state index contributed by atoms with van der Waals surface area (Å²) in [5, 5.41) is 20.6. The van der Waals surface area contributed by atoms with E-state index in [9.17, 15) is 14.7 Å². The van der Waals surface area contributed by atoms with E-state index < -0.39 is 23.7 Å². The molecule has 0 aliphatic rings. The highest BCUT2D eigenvalue weighted by atomic mass is 16.6. The van der Waals surface area contributed by atoms with Crippen LogP contribution in [-0.2, 0) is 22.4 Å². The van der Waals surface area contributed by atoms with Crippen molar-refractivity contribution in [1.29, 1.82) is 5.26 Å². The van der Waals surface area contributed by atoms with Crippen LogP contribution >= 0.6 is 0 Å². The number of aliphatic carboxylic acids is 1. The number of nitrogens with one attached hydrogen (secondary N) is 1. The molecular weight excluding hydrogens is 308 g/mol. The number of carbonyl (C=O) groups excluding carboxylic acids is 1. The van der Waals surface area contributed by atoms with Crippen LogP contribution in [0.15, 0.2) is 12.1 Å². The van der Waals surface area contributed by atoms with Crippen molar-refractivity contribution in [1.82, 2.24) is 5.32 Å². The molecule has 130 valence electrons. The Balaban J connectivity index is 2.96. The standard InChI is InChI=1S/C18H24N2O4/c1-11-8-13(6-7-19)9-12(2)14(11)10-15(16(21)22)20-17(23)24-18(3,4)5/h8-9,15H,6,10H2,1-5H3,(H,20,23)(H,21,22)/t15-/m0/s1. The van der Waals surface area contributed by atoms with Gasteiger partial charge in [-0.1, -0.05) is 12.1 Å². The Labute approximate surface area is 142 Å². The van der Waals surface area contributed by atoms with Gasteiger partial charge in [-0.05, 0) is 56.9 Å². The van der Waals surface area contributed by atoms with Gasteiger partial charge in [-0.25, -0.2) is 9.59 Å². The number of hydrogen-bond acceptors (Lipinski definition) is 4. The Bertz CT molecular complexity index is 646. The Morgan fingerprint density at radius 2 is 1.83 bits per heavy atom. The Morgan fingerprint density at radius 3 is 2.25 bits per heavy atom. The smallest absolute Gasteiger partial charge is 0.408 e. The van der Waals surface area contributed by atoms with Crippen LogP contribution in [0.4, 0.5) is 4.79 Å². The predicted octanol–water partition coefficient (Wildman–Crippen LogP) is 2.89. The van der Waals surface area contributed by atoms with Crippen LogP contribution in [0.5, 0.6) is 0 Å². The third-order valence-electron chi connectivity index (χ3n) is 3.44. The fraction of sp³-hybridized carbons (Fsp3) is 0.500. The first-order chi connectivity index (χ1) is 11.0. The maximum absolute atomic E-state index is 11.8. The van der Waals surface area contributed by atoms with E-state index in [1.165, 1.54) is 0 Å². The minimum atomic E-state index is -1.12. The second-order valence-electron chi connectivity index (χ2n) is 6.78. The van der Waals surface area contributed by atoms with Gasteiger partial charge in [0.1, 0.15) is 11.6 Å². The molecule has 1 atom stereocenters. The van der Waals surface area contributed by atoms with E-state index in [0.29, 0.717) is 6.42 Å². The Kier molecular flexibility index (Phi) is 6.35. The SMILES string of the molecule is Cc1cc(CC#N)cc(C)c1C[C@H](NC(=O)OC(C)(C)C)C(=O)O. The average Bonchev–Trinajstić information content (AvgIpc) is 2.39. The quantitative estimate of drug-likeness (QED) is 0.863. The molecule has 1 aromatic carbocycles. The summed E-state index contributed by atoms with van der Waals surface area (Å²) in [6.07, 6.45) is -0.300. The first-order valence-electron chi connectivity index (χ1n) is 7.71. The third-order valence-corrected chi connectivity index (χ3v) is 3.44. The second-order valence-corrected chi connectivity index (χ2v) is 6.78. The van der Waals surface area contributed by atoms with Crippen molar-refractivity contribution >= 4 is 12.1 Å². The number of alkyl carbamates (subject to hydrolysis) is 1. The minimum absolute atomic E-state index is 0.152. The molecule has 2 N–H and O–H groups in total. The lowest BCUT2D eigenvalue weighted by Gasteiger charge is -2.23. The first-order valence-corrected chi connectivity index (χ1v) is 7.71. The third kappa shape index (κ3) is 5.92. The van der Waals surface area contributed by atoms with Crippen LogP contribution in [0.2, 0.25) is 0 Å². The molecule has 24 heavy (non-hydrogen) atoms. The van der Waals surface area contributed by atoms with Crippen LogP contribution in [0.1, 0.15) is 43.0 Å². The number of carbonyl (C=O) groups is 2. The van der Waals surface area contributed by atoms with Gasteiger partial charge in [0.25, 0.3) is 0 Å². The van der Waals surface area contributed by atoms with Crippen molar-refractivity contribution in [2.45, 2.75) is 59.1 Å². The topological polar surface area (TPSA) is 99.4 Å². The van der Waals surface area contributed by atoms with Gasteiger partial charge < -0.3 is 15.2 Å². The van der Waals surface area contributed by atoms with Crippen molar-refractivity contribution in [3.8, 4) is 6.07 Å². The molecule has 0 radical (unpaired) electrons.